The van der Waals surface area contributed by atoms with Crippen molar-refractivity contribution >= 4 is 11.8 Å². The van der Waals surface area contributed by atoms with E-state index in [9.17, 15) is 27.2 Å². The van der Waals surface area contributed by atoms with Crippen LogP contribution in [-0.2, 0) is 35.8 Å². The van der Waals surface area contributed by atoms with Crippen molar-refractivity contribution in [1.29, 1.82) is 0 Å². The first-order valence-electron chi connectivity index (χ1n) is 8.29. The molecule has 0 unspecified atom stereocenters. The summed E-state index contributed by atoms with van der Waals surface area (Å²) in [7, 11) is 0. The lowest BCUT2D eigenvalue weighted by Crippen LogP contribution is -2.61. The van der Waals surface area contributed by atoms with E-state index in [1.54, 1.807) is 0 Å². The van der Waals surface area contributed by atoms with Gasteiger partial charge in [0.1, 0.15) is 24.3 Å². The fraction of sp³-hybridized carbons (Fsp3) is 0.571. The van der Waals surface area contributed by atoms with E-state index in [2.05, 4.69) is 20.2 Å². The van der Waals surface area contributed by atoms with E-state index >= 15 is 0 Å². The van der Waals surface area contributed by atoms with E-state index in [-0.39, 0.29) is 37.8 Å². The molecule has 4 rings (SSSR count). The minimum atomic E-state index is -5.21. The van der Waals surface area contributed by atoms with E-state index in [0.717, 1.165) is 0 Å². The molecule has 0 saturated heterocycles. The molecular weight excluding hydrogens is 388 g/mol. The number of fused-ring (bicyclic) bond motifs is 2. The first kappa shape index (κ1) is 18.3. The zero-order valence-corrected chi connectivity index (χ0v) is 14.3. The van der Waals surface area contributed by atoms with Gasteiger partial charge in [-0.2, -0.15) is 27.8 Å². The molecular formula is C14H14F4N8O2. The standard InChI is InChI=1S/C14H14F4N8O2/c15-13(16,11(27)23-1-3-25-9(5-23)19-7-21-25)14(17,18)12(28)24-2-4-26-10(6-24)20-8-22-26/h7-8H,1-6H2. The number of carbonyl (C=O) groups excluding carboxylic acids is 2. The molecule has 0 bridgehead atoms. The van der Waals surface area contributed by atoms with E-state index in [4.69, 9.17) is 0 Å². The van der Waals surface area contributed by atoms with Crippen molar-refractivity contribution < 1.29 is 27.2 Å². The first-order chi connectivity index (χ1) is 13.2. The predicted octanol–water partition coefficient (Wildman–Crippen LogP) is -0.475. The SMILES string of the molecule is O=C(N1CCn2ncnc2C1)C(F)(F)C(F)(F)C(=O)N1CCn2ncnc2C1. The molecule has 2 aromatic rings. The second-order valence-corrected chi connectivity index (χ2v) is 6.40. The summed E-state index contributed by atoms with van der Waals surface area (Å²) in [6.45, 7) is -1.21. The number of amides is 2. The average Bonchev–Trinajstić information content (AvgIpc) is 3.34. The third-order valence-electron chi connectivity index (χ3n) is 4.73. The van der Waals surface area contributed by atoms with Gasteiger partial charge in [0.05, 0.1) is 26.2 Å². The Morgan fingerprint density at radius 2 is 1.14 bits per heavy atom. The quantitative estimate of drug-likeness (QED) is 0.643. The van der Waals surface area contributed by atoms with Crippen LogP contribution >= 0.6 is 0 Å². The molecule has 10 nitrogen and oxygen atoms in total. The number of hydrogen-bond acceptors (Lipinski definition) is 6. The Balaban J connectivity index is 1.52. The monoisotopic (exact) mass is 402 g/mol. The highest BCUT2D eigenvalue weighted by atomic mass is 19.3. The maximum atomic E-state index is 14.5. The van der Waals surface area contributed by atoms with Gasteiger partial charge in [-0.3, -0.25) is 9.59 Å². The zero-order chi connectivity index (χ0) is 20.1. The van der Waals surface area contributed by atoms with Crippen molar-refractivity contribution in [2.24, 2.45) is 0 Å². The van der Waals surface area contributed by atoms with E-state index in [1.807, 2.05) is 0 Å². The lowest BCUT2D eigenvalue weighted by Gasteiger charge is -2.35. The Morgan fingerprint density at radius 1 is 0.750 bits per heavy atom. The highest BCUT2D eigenvalue weighted by molar-refractivity contribution is 5.95. The summed E-state index contributed by atoms with van der Waals surface area (Å²) in [6.07, 6.45) is 2.35. The fourth-order valence-corrected chi connectivity index (χ4v) is 3.14. The predicted molar refractivity (Wildman–Crippen MR) is 80.8 cm³/mol. The van der Waals surface area contributed by atoms with Gasteiger partial charge in [0.15, 0.2) is 0 Å². The van der Waals surface area contributed by atoms with Gasteiger partial charge in [-0.05, 0) is 0 Å². The number of nitrogens with zero attached hydrogens (tertiary/aromatic N) is 8. The Bertz CT molecular complexity index is 852. The van der Waals surface area contributed by atoms with Gasteiger partial charge in [0.25, 0.3) is 0 Å². The largest absolute Gasteiger partial charge is 0.395 e. The van der Waals surface area contributed by atoms with E-state index in [0.29, 0.717) is 9.80 Å². The summed E-state index contributed by atoms with van der Waals surface area (Å²) >= 11 is 0. The van der Waals surface area contributed by atoms with Crippen LogP contribution < -0.4 is 0 Å². The molecule has 0 aromatic carbocycles. The summed E-state index contributed by atoms with van der Waals surface area (Å²) in [5.41, 5.74) is 0. The van der Waals surface area contributed by atoms with Crippen molar-refractivity contribution in [2.75, 3.05) is 13.1 Å². The average molecular weight is 402 g/mol. The maximum Gasteiger partial charge on any atom is 0.395 e. The Kier molecular flexibility index (Phi) is 4.08. The molecule has 0 N–H and O–H groups in total. The molecule has 0 spiro atoms. The molecule has 0 atom stereocenters. The lowest BCUT2D eigenvalue weighted by atomic mass is 10.1. The molecule has 0 saturated carbocycles. The molecule has 28 heavy (non-hydrogen) atoms. The fourth-order valence-electron chi connectivity index (χ4n) is 3.14. The summed E-state index contributed by atoms with van der Waals surface area (Å²) in [5.74, 6) is -14.3. The molecule has 2 amide bonds. The van der Waals surface area contributed by atoms with Crippen LogP contribution in [0.1, 0.15) is 11.6 Å². The van der Waals surface area contributed by atoms with Gasteiger partial charge < -0.3 is 9.80 Å². The number of rotatable bonds is 3. The third-order valence-corrected chi connectivity index (χ3v) is 4.73. The second kappa shape index (κ2) is 6.24. The molecule has 4 heterocycles. The van der Waals surface area contributed by atoms with Crippen LogP contribution in [0.15, 0.2) is 12.7 Å². The minimum absolute atomic E-state index is 0.0401. The van der Waals surface area contributed by atoms with Crippen LogP contribution in [0.25, 0.3) is 0 Å². The number of aromatic nitrogens is 6. The van der Waals surface area contributed by atoms with Crippen molar-refractivity contribution in [3.63, 3.8) is 0 Å². The van der Waals surface area contributed by atoms with Crippen LogP contribution in [0.3, 0.4) is 0 Å². The summed E-state index contributed by atoms with van der Waals surface area (Å²) < 4.78 is 60.6. The molecule has 14 heteroatoms. The summed E-state index contributed by atoms with van der Waals surface area (Å²) in [4.78, 5) is 33.1. The van der Waals surface area contributed by atoms with Gasteiger partial charge in [-0.15, -0.1) is 0 Å². The zero-order valence-electron chi connectivity index (χ0n) is 14.3. The van der Waals surface area contributed by atoms with Gasteiger partial charge in [0, 0.05) is 13.1 Å². The van der Waals surface area contributed by atoms with Crippen molar-refractivity contribution in [3.05, 3.63) is 24.3 Å². The molecule has 0 fully saturated rings. The topological polar surface area (TPSA) is 102 Å². The van der Waals surface area contributed by atoms with E-state index < -0.39 is 36.7 Å². The normalized spacial score (nSPS) is 17.3. The number of halogens is 4. The highest BCUT2D eigenvalue weighted by Crippen LogP contribution is 2.38. The lowest BCUT2D eigenvalue weighted by molar-refractivity contribution is -0.224. The van der Waals surface area contributed by atoms with Crippen molar-refractivity contribution in [1.82, 2.24) is 39.3 Å². The highest BCUT2D eigenvalue weighted by Gasteiger charge is 2.69. The van der Waals surface area contributed by atoms with Gasteiger partial charge >= 0.3 is 23.7 Å². The van der Waals surface area contributed by atoms with Crippen LogP contribution in [0, 0.1) is 0 Å². The number of carbonyl (C=O) groups is 2. The second-order valence-electron chi connectivity index (χ2n) is 6.40. The van der Waals surface area contributed by atoms with Crippen LogP contribution in [0.4, 0.5) is 17.6 Å². The molecule has 150 valence electrons. The smallest absolute Gasteiger partial charge is 0.328 e. The number of hydrogen-bond donors (Lipinski definition) is 0. The Hall–Kier alpha value is -3.06. The van der Waals surface area contributed by atoms with Gasteiger partial charge in [0.2, 0.25) is 0 Å². The van der Waals surface area contributed by atoms with Crippen molar-refractivity contribution in [2.45, 2.75) is 38.0 Å². The molecule has 2 aliphatic rings. The van der Waals surface area contributed by atoms with E-state index in [1.165, 1.54) is 22.0 Å². The first-order valence-corrected chi connectivity index (χ1v) is 8.29. The summed E-state index contributed by atoms with van der Waals surface area (Å²) in [5, 5.41) is 7.65. The molecule has 0 radical (unpaired) electrons. The van der Waals surface area contributed by atoms with Crippen molar-refractivity contribution in [3.8, 4) is 0 Å². The number of alkyl halides is 4. The van der Waals surface area contributed by atoms with Crippen LogP contribution in [-0.4, -0.2) is 76.1 Å². The summed E-state index contributed by atoms with van der Waals surface area (Å²) in [6, 6.07) is 0. The van der Waals surface area contributed by atoms with Crippen LogP contribution in [0.5, 0.6) is 0 Å². The maximum absolute atomic E-state index is 14.5. The van der Waals surface area contributed by atoms with Crippen LogP contribution in [0.2, 0.25) is 0 Å². The third kappa shape index (κ3) is 2.70. The molecule has 2 aliphatic heterocycles. The Labute approximate surface area is 154 Å². The Morgan fingerprint density at radius 3 is 1.54 bits per heavy atom. The molecule has 2 aromatic heterocycles. The minimum Gasteiger partial charge on any atom is -0.328 e. The van der Waals surface area contributed by atoms with Gasteiger partial charge in [-0.1, -0.05) is 0 Å². The molecule has 0 aliphatic carbocycles. The van der Waals surface area contributed by atoms with Gasteiger partial charge in [-0.25, -0.2) is 19.3 Å².